The van der Waals surface area contributed by atoms with Crippen molar-refractivity contribution < 1.29 is 14.3 Å². The first-order chi connectivity index (χ1) is 11.1. The summed E-state index contributed by atoms with van der Waals surface area (Å²) in [5.74, 6) is -0.0238. The molecular weight excluding hydrogens is 296 g/mol. The Morgan fingerprint density at radius 1 is 1.13 bits per heavy atom. The van der Waals surface area contributed by atoms with E-state index in [0.29, 0.717) is 31.7 Å². The van der Waals surface area contributed by atoms with Crippen LogP contribution < -0.4 is 0 Å². The van der Waals surface area contributed by atoms with Crippen LogP contribution >= 0.6 is 0 Å². The summed E-state index contributed by atoms with van der Waals surface area (Å²) >= 11 is 0. The molecule has 0 N–H and O–H groups in total. The van der Waals surface area contributed by atoms with Crippen molar-refractivity contribution in [3.63, 3.8) is 0 Å². The maximum Gasteiger partial charge on any atom is 0.409 e. The molecule has 23 heavy (non-hydrogen) atoms. The van der Waals surface area contributed by atoms with Gasteiger partial charge in [-0.2, -0.15) is 0 Å². The zero-order valence-electron chi connectivity index (χ0n) is 13.4. The van der Waals surface area contributed by atoms with Crippen molar-refractivity contribution in [2.45, 2.75) is 6.42 Å². The molecule has 0 spiro atoms. The normalized spacial score (nSPS) is 15.6. The van der Waals surface area contributed by atoms with Crippen molar-refractivity contribution in [3.05, 3.63) is 30.1 Å². The molecule has 0 atom stereocenters. The lowest BCUT2D eigenvalue weighted by atomic mass is 10.1. The SMILES string of the molecule is COC(=O)N1CCCN(C(=O)c2ccc3c(c2)ncn3C)CC1. The Balaban J connectivity index is 1.75. The van der Waals surface area contributed by atoms with Gasteiger partial charge in [0, 0.05) is 38.8 Å². The van der Waals surface area contributed by atoms with Gasteiger partial charge in [0.25, 0.3) is 5.91 Å². The number of carbonyl (C=O) groups excluding carboxylic acids is 2. The largest absolute Gasteiger partial charge is 0.453 e. The second-order valence-corrected chi connectivity index (χ2v) is 5.66. The van der Waals surface area contributed by atoms with E-state index in [2.05, 4.69) is 4.98 Å². The van der Waals surface area contributed by atoms with Gasteiger partial charge >= 0.3 is 6.09 Å². The lowest BCUT2D eigenvalue weighted by molar-refractivity contribution is 0.0757. The summed E-state index contributed by atoms with van der Waals surface area (Å²) in [5.41, 5.74) is 2.43. The molecule has 7 nitrogen and oxygen atoms in total. The fraction of sp³-hybridized carbons (Fsp3) is 0.438. The van der Waals surface area contributed by atoms with Crippen LogP contribution in [0.3, 0.4) is 0 Å². The number of ether oxygens (including phenoxy) is 1. The first kappa shape index (κ1) is 15.3. The molecule has 1 aromatic heterocycles. The van der Waals surface area contributed by atoms with Crippen LogP contribution in [0.4, 0.5) is 4.79 Å². The third kappa shape index (κ3) is 2.99. The molecule has 3 rings (SSSR count). The number of carbonyl (C=O) groups is 2. The summed E-state index contributed by atoms with van der Waals surface area (Å²) in [6, 6.07) is 5.56. The van der Waals surface area contributed by atoms with Crippen molar-refractivity contribution >= 4 is 23.0 Å². The van der Waals surface area contributed by atoms with Gasteiger partial charge in [-0.3, -0.25) is 4.79 Å². The fourth-order valence-electron chi connectivity index (χ4n) is 2.88. The number of rotatable bonds is 1. The summed E-state index contributed by atoms with van der Waals surface area (Å²) in [4.78, 5) is 32.0. The minimum absolute atomic E-state index is 0.0238. The minimum Gasteiger partial charge on any atom is -0.453 e. The highest BCUT2D eigenvalue weighted by atomic mass is 16.5. The molecule has 0 radical (unpaired) electrons. The van der Waals surface area contributed by atoms with E-state index in [1.54, 1.807) is 16.1 Å². The number of methoxy groups -OCH3 is 1. The number of hydrogen-bond acceptors (Lipinski definition) is 4. The van der Waals surface area contributed by atoms with Crippen molar-refractivity contribution in [3.8, 4) is 0 Å². The summed E-state index contributed by atoms with van der Waals surface area (Å²) in [6.07, 6.45) is 2.14. The van der Waals surface area contributed by atoms with Gasteiger partial charge in [0.05, 0.1) is 24.5 Å². The topological polar surface area (TPSA) is 67.7 Å². The number of fused-ring (bicyclic) bond motifs is 1. The third-order valence-electron chi connectivity index (χ3n) is 4.19. The van der Waals surface area contributed by atoms with E-state index in [-0.39, 0.29) is 12.0 Å². The van der Waals surface area contributed by atoms with E-state index < -0.39 is 0 Å². The molecule has 2 amide bonds. The Bertz CT molecular complexity index is 740. The number of amides is 2. The number of aromatic nitrogens is 2. The maximum absolute atomic E-state index is 12.7. The van der Waals surface area contributed by atoms with Gasteiger partial charge < -0.3 is 19.1 Å². The van der Waals surface area contributed by atoms with Crippen molar-refractivity contribution in [1.82, 2.24) is 19.4 Å². The number of aryl methyl sites for hydroxylation is 1. The molecule has 0 saturated carbocycles. The van der Waals surface area contributed by atoms with E-state index >= 15 is 0 Å². The standard InChI is InChI=1S/C16H20N4O3/c1-18-11-17-13-10-12(4-5-14(13)18)15(21)19-6-3-7-20(9-8-19)16(22)23-2/h4-5,10-11H,3,6-9H2,1-2H3. The smallest absolute Gasteiger partial charge is 0.409 e. The predicted octanol–water partition coefficient (Wildman–Crippen LogP) is 1.49. The molecule has 0 bridgehead atoms. The lowest BCUT2D eigenvalue weighted by Crippen LogP contribution is -2.37. The van der Waals surface area contributed by atoms with Crippen LogP contribution in [0.5, 0.6) is 0 Å². The van der Waals surface area contributed by atoms with E-state index in [9.17, 15) is 9.59 Å². The number of nitrogens with zero attached hydrogens (tertiary/aromatic N) is 4. The molecule has 1 aliphatic heterocycles. The summed E-state index contributed by atoms with van der Waals surface area (Å²) in [6.45, 7) is 2.24. The molecule has 2 heterocycles. The lowest BCUT2D eigenvalue weighted by Gasteiger charge is -2.21. The van der Waals surface area contributed by atoms with Gasteiger partial charge in [0.2, 0.25) is 0 Å². The second kappa shape index (κ2) is 6.28. The summed E-state index contributed by atoms with van der Waals surface area (Å²) in [5, 5.41) is 0. The first-order valence-electron chi connectivity index (χ1n) is 7.63. The Hall–Kier alpha value is -2.57. The van der Waals surface area contributed by atoms with Gasteiger partial charge in [-0.15, -0.1) is 0 Å². The monoisotopic (exact) mass is 316 g/mol. The Labute approximate surface area is 134 Å². The number of imidazole rings is 1. The minimum atomic E-state index is -0.339. The molecule has 0 unspecified atom stereocenters. The molecular formula is C16H20N4O3. The molecule has 1 aliphatic rings. The van der Waals surface area contributed by atoms with Crippen molar-refractivity contribution in [2.75, 3.05) is 33.3 Å². The Kier molecular flexibility index (Phi) is 4.18. The van der Waals surface area contributed by atoms with Crippen LogP contribution in [-0.2, 0) is 11.8 Å². The zero-order valence-corrected chi connectivity index (χ0v) is 13.4. The van der Waals surface area contributed by atoms with E-state index in [0.717, 1.165) is 17.5 Å². The molecule has 1 aromatic carbocycles. The fourth-order valence-corrected chi connectivity index (χ4v) is 2.88. The molecule has 0 aliphatic carbocycles. The molecule has 122 valence electrons. The average Bonchev–Trinajstić information content (AvgIpc) is 2.79. The van der Waals surface area contributed by atoms with Crippen LogP contribution in [0.1, 0.15) is 16.8 Å². The Morgan fingerprint density at radius 3 is 2.65 bits per heavy atom. The van der Waals surface area contributed by atoms with Crippen LogP contribution in [-0.4, -0.2) is 64.6 Å². The molecule has 7 heteroatoms. The summed E-state index contributed by atoms with van der Waals surface area (Å²) < 4.78 is 6.67. The molecule has 2 aromatic rings. The molecule has 1 saturated heterocycles. The predicted molar refractivity (Wildman–Crippen MR) is 85.2 cm³/mol. The Morgan fingerprint density at radius 2 is 1.87 bits per heavy atom. The van der Waals surface area contributed by atoms with Gasteiger partial charge in [0.15, 0.2) is 0 Å². The van der Waals surface area contributed by atoms with Gasteiger partial charge in [0.1, 0.15) is 0 Å². The third-order valence-corrected chi connectivity index (χ3v) is 4.19. The van der Waals surface area contributed by atoms with E-state index in [1.165, 1.54) is 7.11 Å². The van der Waals surface area contributed by atoms with Crippen LogP contribution in [0.25, 0.3) is 11.0 Å². The maximum atomic E-state index is 12.7. The van der Waals surface area contributed by atoms with Gasteiger partial charge in [-0.25, -0.2) is 9.78 Å². The van der Waals surface area contributed by atoms with Crippen LogP contribution in [0.2, 0.25) is 0 Å². The first-order valence-corrected chi connectivity index (χ1v) is 7.63. The van der Waals surface area contributed by atoms with Crippen molar-refractivity contribution in [2.24, 2.45) is 7.05 Å². The zero-order chi connectivity index (χ0) is 16.4. The van der Waals surface area contributed by atoms with Gasteiger partial charge in [-0.1, -0.05) is 0 Å². The second-order valence-electron chi connectivity index (χ2n) is 5.66. The summed E-state index contributed by atoms with van der Waals surface area (Å²) in [7, 11) is 3.30. The highest BCUT2D eigenvalue weighted by Crippen LogP contribution is 2.16. The molecule has 1 fully saturated rings. The van der Waals surface area contributed by atoms with E-state index in [4.69, 9.17) is 4.74 Å². The number of hydrogen-bond donors (Lipinski definition) is 0. The highest BCUT2D eigenvalue weighted by Gasteiger charge is 2.23. The van der Waals surface area contributed by atoms with Crippen LogP contribution in [0, 0.1) is 0 Å². The van der Waals surface area contributed by atoms with Crippen molar-refractivity contribution in [1.29, 1.82) is 0 Å². The van der Waals surface area contributed by atoms with Crippen LogP contribution in [0.15, 0.2) is 24.5 Å². The number of benzene rings is 1. The highest BCUT2D eigenvalue weighted by molar-refractivity contribution is 5.97. The quantitative estimate of drug-likeness (QED) is 0.799. The average molecular weight is 316 g/mol. The van der Waals surface area contributed by atoms with Gasteiger partial charge in [-0.05, 0) is 24.6 Å². The van der Waals surface area contributed by atoms with E-state index in [1.807, 2.05) is 29.8 Å².